The van der Waals surface area contributed by atoms with Gasteiger partial charge in [-0.2, -0.15) is 0 Å². The molecular formula is C19H30N4OS. The van der Waals surface area contributed by atoms with Crippen molar-refractivity contribution in [2.75, 3.05) is 39.3 Å². The lowest BCUT2D eigenvalue weighted by atomic mass is 10.1. The molecule has 0 bridgehead atoms. The summed E-state index contributed by atoms with van der Waals surface area (Å²) in [5.41, 5.74) is 1.47. The SMILES string of the molecule is CC(CNC(=O)N1CCC(N2CCCC2)C1)N1CCc2sccc2C1. The van der Waals surface area contributed by atoms with Crippen molar-refractivity contribution in [3.05, 3.63) is 21.9 Å². The molecule has 3 aliphatic heterocycles. The summed E-state index contributed by atoms with van der Waals surface area (Å²) in [6.07, 6.45) is 4.93. The Morgan fingerprint density at radius 1 is 1.32 bits per heavy atom. The van der Waals surface area contributed by atoms with Crippen LogP contribution < -0.4 is 5.32 Å². The number of fused-ring (bicyclic) bond motifs is 1. The van der Waals surface area contributed by atoms with Crippen molar-refractivity contribution < 1.29 is 4.79 Å². The van der Waals surface area contributed by atoms with Gasteiger partial charge >= 0.3 is 6.03 Å². The average molecular weight is 363 g/mol. The van der Waals surface area contributed by atoms with E-state index in [0.29, 0.717) is 12.1 Å². The monoisotopic (exact) mass is 362 g/mol. The van der Waals surface area contributed by atoms with Gasteiger partial charge in [0.05, 0.1) is 0 Å². The lowest BCUT2D eigenvalue weighted by molar-refractivity contribution is 0.175. The van der Waals surface area contributed by atoms with Crippen LogP contribution in [0.1, 0.15) is 36.6 Å². The number of thiophene rings is 1. The summed E-state index contributed by atoms with van der Waals surface area (Å²) in [5, 5.41) is 5.38. The first-order chi connectivity index (χ1) is 12.2. The topological polar surface area (TPSA) is 38.8 Å². The highest BCUT2D eigenvalue weighted by Gasteiger charge is 2.31. The van der Waals surface area contributed by atoms with Crippen LogP contribution in [0.3, 0.4) is 0 Å². The summed E-state index contributed by atoms with van der Waals surface area (Å²) < 4.78 is 0. The molecule has 2 amide bonds. The van der Waals surface area contributed by atoms with Gasteiger partial charge in [-0.05, 0) is 62.7 Å². The molecule has 4 rings (SSSR count). The fourth-order valence-electron chi connectivity index (χ4n) is 4.45. The molecule has 4 heterocycles. The van der Waals surface area contributed by atoms with Crippen molar-refractivity contribution in [1.29, 1.82) is 0 Å². The van der Waals surface area contributed by atoms with Gasteiger partial charge in [0, 0.05) is 49.7 Å². The van der Waals surface area contributed by atoms with E-state index >= 15 is 0 Å². The number of hydrogen-bond acceptors (Lipinski definition) is 4. The first-order valence-corrected chi connectivity index (χ1v) is 10.6. The second-order valence-corrected chi connectivity index (χ2v) is 8.76. The maximum atomic E-state index is 12.5. The third kappa shape index (κ3) is 3.86. The zero-order chi connectivity index (χ0) is 17.2. The van der Waals surface area contributed by atoms with E-state index in [2.05, 4.69) is 33.5 Å². The van der Waals surface area contributed by atoms with Crippen LogP contribution in [0.25, 0.3) is 0 Å². The Morgan fingerprint density at radius 3 is 3.00 bits per heavy atom. The molecule has 1 aromatic rings. The Hall–Kier alpha value is -1.11. The van der Waals surface area contributed by atoms with Gasteiger partial charge in [-0.3, -0.25) is 9.80 Å². The molecule has 2 fully saturated rings. The molecule has 0 saturated carbocycles. The molecule has 2 unspecified atom stereocenters. The van der Waals surface area contributed by atoms with Crippen LogP contribution in [0.2, 0.25) is 0 Å². The second kappa shape index (κ2) is 7.64. The minimum Gasteiger partial charge on any atom is -0.336 e. The van der Waals surface area contributed by atoms with Gasteiger partial charge in [0.1, 0.15) is 0 Å². The minimum absolute atomic E-state index is 0.127. The highest BCUT2D eigenvalue weighted by Crippen LogP contribution is 2.25. The average Bonchev–Trinajstić information content (AvgIpc) is 3.38. The number of carbonyl (C=O) groups excluding carboxylic acids is 1. The molecule has 138 valence electrons. The van der Waals surface area contributed by atoms with E-state index in [-0.39, 0.29) is 6.03 Å². The van der Waals surface area contributed by atoms with Gasteiger partial charge in [-0.1, -0.05) is 0 Å². The lowest BCUT2D eigenvalue weighted by Crippen LogP contribution is -2.47. The van der Waals surface area contributed by atoms with Crippen molar-refractivity contribution in [2.45, 2.75) is 51.2 Å². The highest BCUT2D eigenvalue weighted by atomic mass is 32.1. The van der Waals surface area contributed by atoms with Gasteiger partial charge in [0.25, 0.3) is 0 Å². The maximum absolute atomic E-state index is 12.5. The van der Waals surface area contributed by atoms with Crippen LogP contribution in [0.4, 0.5) is 4.79 Å². The number of likely N-dealkylation sites (tertiary alicyclic amines) is 2. The van der Waals surface area contributed by atoms with Gasteiger partial charge in [-0.15, -0.1) is 11.3 Å². The third-order valence-electron chi connectivity index (χ3n) is 6.12. The van der Waals surface area contributed by atoms with Gasteiger partial charge in [-0.25, -0.2) is 4.79 Å². The molecule has 0 aliphatic carbocycles. The normalized spacial score (nSPS) is 26.0. The number of urea groups is 1. The molecule has 2 atom stereocenters. The molecule has 5 nitrogen and oxygen atoms in total. The molecule has 1 N–H and O–H groups in total. The molecule has 2 saturated heterocycles. The van der Waals surface area contributed by atoms with E-state index in [0.717, 1.165) is 45.6 Å². The van der Waals surface area contributed by atoms with E-state index in [4.69, 9.17) is 0 Å². The number of nitrogens with zero attached hydrogens (tertiary/aromatic N) is 3. The van der Waals surface area contributed by atoms with Crippen LogP contribution in [-0.4, -0.2) is 72.1 Å². The van der Waals surface area contributed by atoms with E-state index in [1.807, 2.05) is 16.2 Å². The number of hydrogen-bond donors (Lipinski definition) is 1. The molecule has 0 spiro atoms. The van der Waals surface area contributed by atoms with Crippen LogP contribution in [-0.2, 0) is 13.0 Å². The van der Waals surface area contributed by atoms with Crippen molar-refractivity contribution in [1.82, 2.24) is 20.0 Å². The summed E-state index contributed by atoms with van der Waals surface area (Å²) in [5.74, 6) is 0. The second-order valence-electron chi connectivity index (χ2n) is 7.76. The summed E-state index contributed by atoms with van der Waals surface area (Å²) in [6.45, 7) is 9.35. The quantitative estimate of drug-likeness (QED) is 0.894. The summed E-state index contributed by atoms with van der Waals surface area (Å²) in [7, 11) is 0. The van der Waals surface area contributed by atoms with Crippen LogP contribution in [0.15, 0.2) is 11.4 Å². The van der Waals surface area contributed by atoms with Crippen molar-refractivity contribution in [3.8, 4) is 0 Å². The van der Waals surface area contributed by atoms with Crippen molar-refractivity contribution in [3.63, 3.8) is 0 Å². The highest BCUT2D eigenvalue weighted by molar-refractivity contribution is 7.10. The molecule has 3 aliphatic rings. The first kappa shape index (κ1) is 17.3. The number of carbonyl (C=O) groups is 1. The predicted molar refractivity (Wildman–Crippen MR) is 102 cm³/mol. The van der Waals surface area contributed by atoms with Gasteiger partial charge < -0.3 is 10.2 Å². The standard InChI is InChI=1S/C19H30N4OS/c1-15(22-10-5-18-16(13-22)6-11-25-18)12-20-19(24)23-9-4-17(14-23)21-7-2-3-8-21/h6,11,15,17H,2-5,7-10,12-14H2,1H3,(H,20,24). The zero-order valence-corrected chi connectivity index (χ0v) is 16.1. The largest absolute Gasteiger partial charge is 0.336 e. The Labute approximate surface area is 155 Å². The number of rotatable bonds is 4. The summed E-state index contributed by atoms with van der Waals surface area (Å²) >= 11 is 1.88. The third-order valence-corrected chi connectivity index (χ3v) is 7.14. The predicted octanol–water partition coefficient (Wildman–Crippen LogP) is 2.37. The molecule has 0 radical (unpaired) electrons. The fourth-order valence-corrected chi connectivity index (χ4v) is 5.34. The van der Waals surface area contributed by atoms with Gasteiger partial charge in [0.15, 0.2) is 0 Å². The van der Waals surface area contributed by atoms with E-state index in [1.165, 1.54) is 36.4 Å². The Bertz CT molecular complexity index is 598. The zero-order valence-electron chi connectivity index (χ0n) is 15.2. The molecule has 0 aromatic carbocycles. The Morgan fingerprint density at radius 2 is 2.16 bits per heavy atom. The smallest absolute Gasteiger partial charge is 0.317 e. The fraction of sp³-hybridized carbons (Fsp3) is 0.737. The molecule has 6 heteroatoms. The number of nitrogens with one attached hydrogen (secondary N) is 1. The minimum atomic E-state index is 0.127. The van der Waals surface area contributed by atoms with Crippen molar-refractivity contribution >= 4 is 17.4 Å². The summed E-state index contributed by atoms with van der Waals surface area (Å²) in [6, 6.07) is 3.35. The molecular weight excluding hydrogens is 332 g/mol. The van der Waals surface area contributed by atoms with Crippen LogP contribution in [0.5, 0.6) is 0 Å². The van der Waals surface area contributed by atoms with Crippen LogP contribution in [0, 0.1) is 0 Å². The first-order valence-electron chi connectivity index (χ1n) is 9.77. The maximum Gasteiger partial charge on any atom is 0.317 e. The molecule has 1 aromatic heterocycles. The van der Waals surface area contributed by atoms with E-state index < -0.39 is 0 Å². The lowest BCUT2D eigenvalue weighted by Gasteiger charge is -2.33. The summed E-state index contributed by atoms with van der Waals surface area (Å²) in [4.78, 5) is 21.1. The number of amides is 2. The Balaban J connectivity index is 1.22. The Kier molecular flexibility index (Phi) is 5.29. The van der Waals surface area contributed by atoms with Crippen LogP contribution >= 0.6 is 11.3 Å². The van der Waals surface area contributed by atoms with E-state index in [1.54, 1.807) is 0 Å². The van der Waals surface area contributed by atoms with E-state index in [9.17, 15) is 4.79 Å². The molecule has 25 heavy (non-hydrogen) atoms. The van der Waals surface area contributed by atoms with Crippen molar-refractivity contribution in [2.24, 2.45) is 0 Å². The van der Waals surface area contributed by atoms with Gasteiger partial charge in [0.2, 0.25) is 0 Å².